The smallest absolute Gasteiger partial charge is 0.308 e. The summed E-state index contributed by atoms with van der Waals surface area (Å²) in [6.45, 7) is 1.30. The number of hydrogen-bond acceptors (Lipinski definition) is 8. The second-order valence-corrected chi connectivity index (χ2v) is 7.42. The van der Waals surface area contributed by atoms with Gasteiger partial charge in [0.05, 0.1) is 19.0 Å². The third-order valence-corrected chi connectivity index (χ3v) is 4.94. The third kappa shape index (κ3) is 5.47. The lowest BCUT2D eigenvalue weighted by atomic mass is 10.1. The molecule has 1 aromatic heterocycles. The molecule has 9 nitrogen and oxygen atoms in total. The van der Waals surface area contributed by atoms with Crippen molar-refractivity contribution in [3.8, 4) is 34.3 Å². The summed E-state index contributed by atoms with van der Waals surface area (Å²) in [7, 11) is 2.97. The van der Waals surface area contributed by atoms with E-state index in [1.54, 1.807) is 18.2 Å². The number of rotatable bonds is 9. The Hall–Kier alpha value is -2.08. The van der Waals surface area contributed by atoms with E-state index in [0.717, 1.165) is 0 Å². The molecule has 2 unspecified atom stereocenters. The first-order valence-corrected chi connectivity index (χ1v) is 10.00. The topological polar surface area (TPSA) is 130 Å². The zero-order valence-corrected chi connectivity index (χ0v) is 17.7. The predicted octanol–water partition coefficient (Wildman–Crippen LogP) is 2.80. The van der Waals surface area contributed by atoms with Crippen LogP contribution in [0.25, 0.3) is 11.3 Å². The van der Waals surface area contributed by atoms with Crippen molar-refractivity contribution >= 4 is 33.2 Å². The molecule has 2 aromatic rings. The summed E-state index contributed by atoms with van der Waals surface area (Å²) in [6, 6.07) is 4.89. The highest BCUT2D eigenvalue weighted by Gasteiger charge is 2.28. The Labute approximate surface area is 172 Å². The molecule has 1 aromatic carbocycles. The van der Waals surface area contributed by atoms with Crippen molar-refractivity contribution in [3.05, 3.63) is 24.0 Å². The number of alkyl halides is 1. The maximum absolute atomic E-state index is 11.5. The number of methoxy groups -OCH3 is 2. The van der Waals surface area contributed by atoms with E-state index < -0.39 is 22.1 Å². The van der Waals surface area contributed by atoms with Crippen molar-refractivity contribution in [1.29, 1.82) is 0 Å². The molecular weight excluding hydrogens is 458 g/mol. The zero-order chi connectivity index (χ0) is 20.8. The Morgan fingerprint density at radius 2 is 1.93 bits per heavy atom. The average molecular weight is 477 g/mol. The van der Waals surface area contributed by atoms with Crippen LogP contribution in [0.4, 0.5) is 0 Å². The fourth-order valence-electron chi connectivity index (χ4n) is 2.41. The molecule has 0 aliphatic heterocycles. The molecule has 0 spiro atoms. The molecule has 0 radical (unpaired) electrons. The van der Waals surface area contributed by atoms with Crippen LogP contribution < -0.4 is 18.9 Å². The summed E-state index contributed by atoms with van der Waals surface area (Å²) in [5.41, 5.74) is 0.437. The van der Waals surface area contributed by atoms with Crippen LogP contribution in [-0.2, 0) is 16.1 Å². The van der Waals surface area contributed by atoms with Gasteiger partial charge in [0.1, 0.15) is 11.5 Å². The van der Waals surface area contributed by atoms with Gasteiger partial charge in [-0.25, -0.2) is 4.72 Å². The molecule has 0 fully saturated rings. The molecule has 0 bridgehead atoms. The molecule has 154 valence electrons. The Kier molecular flexibility index (Phi) is 7.87. The van der Waals surface area contributed by atoms with E-state index in [9.17, 15) is 18.7 Å². The summed E-state index contributed by atoms with van der Waals surface area (Å²) < 4.78 is 44.8. The van der Waals surface area contributed by atoms with E-state index in [-0.39, 0.29) is 36.0 Å². The van der Waals surface area contributed by atoms with Crippen LogP contribution in [0.1, 0.15) is 23.9 Å². The number of ether oxygens (including phenoxy) is 3. The van der Waals surface area contributed by atoms with Crippen LogP contribution >= 0.6 is 15.9 Å². The van der Waals surface area contributed by atoms with E-state index in [4.69, 9.17) is 18.6 Å². The number of esters is 1. The molecule has 0 amide bonds. The van der Waals surface area contributed by atoms with Crippen molar-refractivity contribution in [2.75, 3.05) is 20.8 Å². The van der Waals surface area contributed by atoms with Gasteiger partial charge in [-0.3, -0.25) is 9.00 Å². The molecule has 0 saturated heterocycles. The lowest BCUT2D eigenvalue weighted by Gasteiger charge is -2.11. The highest BCUT2D eigenvalue weighted by atomic mass is 79.9. The van der Waals surface area contributed by atoms with E-state index in [1.807, 2.05) is 0 Å². The minimum Gasteiger partial charge on any atom is -0.760 e. The Morgan fingerprint density at radius 3 is 2.43 bits per heavy atom. The first-order chi connectivity index (χ1) is 13.3. The van der Waals surface area contributed by atoms with Gasteiger partial charge in [0.15, 0.2) is 11.5 Å². The van der Waals surface area contributed by atoms with Crippen LogP contribution in [-0.4, -0.2) is 40.6 Å². The predicted molar refractivity (Wildman–Crippen MR) is 103 cm³/mol. The van der Waals surface area contributed by atoms with Crippen molar-refractivity contribution in [1.82, 2.24) is 4.72 Å². The summed E-state index contributed by atoms with van der Waals surface area (Å²) in [5.74, 6) is -0.0296. The zero-order valence-electron chi connectivity index (χ0n) is 15.3. The van der Waals surface area contributed by atoms with Gasteiger partial charge in [-0.15, -0.1) is 0 Å². The maximum atomic E-state index is 11.5. The molecule has 0 saturated carbocycles. The van der Waals surface area contributed by atoms with Gasteiger partial charge in [0.25, 0.3) is 0 Å². The largest absolute Gasteiger partial charge is 0.760 e. The lowest BCUT2D eigenvalue weighted by Crippen LogP contribution is -2.18. The first-order valence-electron chi connectivity index (χ1n) is 8.01. The number of hydrogen-bond donors (Lipinski definition) is 2. The highest BCUT2D eigenvalue weighted by molar-refractivity contribution is 9.09. The average Bonchev–Trinajstić information content (AvgIpc) is 2.97. The molecule has 2 N–H and O–H groups in total. The van der Waals surface area contributed by atoms with Crippen LogP contribution in [0.5, 0.6) is 23.0 Å². The van der Waals surface area contributed by atoms with Gasteiger partial charge in [-0.2, -0.15) is 0 Å². The monoisotopic (exact) mass is 476 g/mol. The van der Waals surface area contributed by atoms with Gasteiger partial charge in [-0.05, 0) is 18.6 Å². The Bertz CT molecular complexity index is 847. The number of carbonyl (C=O) groups excluding carboxylic acids is 1. The molecule has 0 aliphatic rings. The number of halogens is 1. The molecule has 1 heterocycles. The number of nitrogens with one attached hydrogen (secondary N) is 1. The fourth-order valence-corrected chi connectivity index (χ4v) is 3.22. The standard InChI is InChI=1S/C17H20BrNO8S/c1-9(20)26-17-14(21)15(10-6-11(24-2)8-12(7-10)25-3)27-16(17)13(18)4-5-19-28(22)23/h6-8,13,19,21H,4-5H2,1-3H3,(H,22,23)/p-1. The van der Waals surface area contributed by atoms with Crippen LogP contribution in [0.3, 0.4) is 0 Å². The van der Waals surface area contributed by atoms with Crippen molar-refractivity contribution in [2.45, 2.75) is 18.2 Å². The van der Waals surface area contributed by atoms with E-state index >= 15 is 0 Å². The van der Waals surface area contributed by atoms with Gasteiger partial charge < -0.3 is 28.3 Å². The van der Waals surface area contributed by atoms with E-state index in [2.05, 4.69) is 20.7 Å². The summed E-state index contributed by atoms with van der Waals surface area (Å²) in [6.07, 6.45) is 0.274. The van der Waals surface area contributed by atoms with Gasteiger partial charge in [0.2, 0.25) is 11.5 Å². The van der Waals surface area contributed by atoms with Gasteiger partial charge in [-0.1, -0.05) is 15.9 Å². The molecule has 11 heteroatoms. The van der Waals surface area contributed by atoms with Crippen LogP contribution in [0.2, 0.25) is 0 Å². The quantitative estimate of drug-likeness (QED) is 0.320. The van der Waals surface area contributed by atoms with Crippen molar-refractivity contribution < 1.29 is 37.3 Å². The fraction of sp³-hybridized carbons (Fsp3) is 0.353. The van der Waals surface area contributed by atoms with Gasteiger partial charge >= 0.3 is 5.97 Å². The lowest BCUT2D eigenvalue weighted by molar-refractivity contribution is -0.132. The highest BCUT2D eigenvalue weighted by Crippen LogP contribution is 2.49. The molecule has 2 atom stereocenters. The Morgan fingerprint density at radius 1 is 1.32 bits per heavy atom. The first kappa shape index (κ1) is 22.2. The second kappa shape index (κ2) is 9.92. The minimum absolute atomic E-state index is 0.0493. The molecule has 0 aliphatic carbocycles. The SMILES string of the molecule is COc1cc(OC)cc(-c2oc(C(Br)CCNS(=O)[O-])c(OC(C)=O)c2O)c1. The Balaban J connectivity index is 2.47. The van der Waals surface area contributed by atoms with Crippen LogP contribution in [0, 0.1) is 0 Å². The molecule has 2 rings (SSSR count). The number of carbonyl (C=O) groups is 1. The maximum Gasteiger partial charge on any atom is 0.308 e. The molecule has 28 heavy (non-hydrogen) atoms. The normalized spacial score (nSPS) is 13.0. The van der Waals surface area contributed by atoms with Crippen LogP contribution in [0.15, 0.2) is 22.6 Å². The third-order valence-electron chi connectivity index (χ3n) is 3.63. The van der Waals surface area contributed by atoms with E-state index in [1.165, 1.54) is 21.1 Å². The summed E-state index contributed by atoms with van der Waals surface area (Å²) >= 11 is 0.963. The van der Waals surface area contributed by atoms with E-state index in [0.29, 0.717) is 17.1 Å². The molecular formula is C17H19BrNO8S-. The minimum atomic E-state index is -2.40. The van der Waals surface area contributed by atoms with Gasteiger partial charge in [0, 0.05) is 36.4 Å². The summed E-state index contributed by atoms with van der Waals surface area (Å²) in [5, 5.41) is 10.6. The number of aromatic hydroxyl groups is 1. The number of furan rings is 1. The van der Waals surface area contributed by atoms with Crippen molar-refractivity contribution in [3.63, 3.8) is 0 Å². The summed E-state index contributed by atoms with van der Waals surface area (Å²) in [4.78, 5) is 10.9. The second-order valence-electron chi connectivity index (χ2n) is 5.55. The van der Waals surface area contributed by atoms with Crippen molar-refractivity contribution in [2.24, 2.45) is 0 Å². The number of benzene rings is 1.